The van der Waals surface area contributed by atoms with Crippen molar-refractivity contribution in [1.29, 1.82) is 0 Å². The third kappa shape index (κ3) is 10.8. The SMILES string of the molecule is C=CCCCCC(=O)OC[C@H](CSCc1ccccc1)NC(=O)[C@@H](CC=C)CC(=O)N1Cc2ccccc2C[C@H]1CO. The van der Waals surface area contributed by atoms with E-state index in [1.54, 1.807) is 22.7 Å². The van der Waals surface area contributed by atoms with E-state index >= 15 is 0 Å². The van der Waals surface area contributed by atoms with Crippen molar-refractivity contribution in [3.8, 4) is 0 Å². The van der Waals surface area contributed by atoms with Crippen molar-refractivity contribution in [1.82, 2.24) is 10.2 Å². The van der Waals surface area contributed by atoms with Gasteiger partial charge in [-0.15, -0.1) is 13.2 Å². The molecule has 0 spiro atoms. The molecular formula is C34H44N2O5S. The lowest BCUT2D eigenvalue weighted by Gasteiger charge is -2.36. The van der Waals surface area contributed by atoms with Gasteiger partial charge in [-0.2, -0.15) is 11.8 Å². The first-order valence-electron chi connectivity index (χ1n) is 14.7. The van der Waals surface area contributed by atoms with Gasteiger partial charge in [0.05, 0.1) is 24.6 Å². The molecule has 0 unspecified atom stereocenters. The summed E-state index contributed by atoms with van der Waals surface area (Å²) in [6, 6.07) is 17.2. The number of carbonyl (C=O) groups excluding carboxylic acids is 3. The molecule has 2 amide bonds. The molecule has 1 aliphatic heterocycles. The third-order valence-electron chi connectivity index (χ3n) is 7.39. The molecule has 8 heteroatoms. The quantitative estimate of drug-likeness (QED) is 0.140. The normalized spacial score (nSPS) is 15.6. The number of aliphatic hydroxyl groups is 1. The molecule has 226 valence electrons. The van der Waals surface area contributed by atoms with Crippen LogP contribution in [0.2, 0.25) is 0 Å². The van der Waals surface area contributed by atoms with E-state index in [0.717, 1.165) is 36.1 Å². The van der Waals surface area contributed by atoms with Crippen LogP contribution in [-0.2, 0) is 37.8 Å². The van der Waals surface area contributed by atoms with Crippen molar-refractivity contribution in [2.45, 2.75) is 69.3 Å². The Morgan fingerprint density at radius 3 is 2.50 bits per heavy atom. The van der Waals surface area contributed by atoms with Gasteiger partial charge in [0.1, 0.15) is 6.61 Å². The topological polar surface area (TPSA) is 95.9 Å². The number of nitrogens with one attached hydrogen (secondary N) is 1. The molecule has 0 bridgehead atoms. The summed E-state index contributed by atoms with van der Waals surface area (Å²) in [6.07, 6.45) is 7.18. The predicted molar refractivity (Wildman–Crippen MR) is 169 cm³/mol. The number of allylic oxidation sites excluding steroid dienone is 2. The molecule has 3 atom stereocenters. The zero-order valence-electron chi connectivity index (χ0n) is 24.4. The lowest BCUT2D eigenvalue weighted by molar-refractivity contribution is -0.145. The molecule has 2 aromatic carbocycles. The Labute approximate surface area is 254 Å². The van der Waals surface area contributed by atoms with Gasteiger partial charge >= 0.3 is 5.97 Å². The molecule has 0 aliphatic carbocycles. The Bertz CT molecular complexity index is 1170. The Morgan fingerprint density at radius 1 is 1.05 bits per heavy atom. The van der Waals surface area contributed by atoms with Gasteiger partial charge in [-0.3, -0.25) is 14.4 Å². The molecule has 1 heterocycles. The van der Waals surface area contributed by atoms with Crippen molar-refractivity contribution in [2.75, 3.05) is 19.0 Å². The number of amides is 2. The second-order valence-electron chi connectivity index (χ2n) is 10.7. The molecule has 3 rings (SSSR count). The number of thioether (sulfide) groups is 1. The summed E-state index contributed by atoms with van der Waals surface area (Å²) in [5.41, 5.74) is 3.36. The van der Waals surface area contributed by atoms with Gasteiger partial charge in [-0.25, -0.2) is 0 Å². The minimum absolute atomic E-state index is 0.00346. The number of aliphatic hydroxyl groups excluding tert-OH is 1. The Hall–Kier alpha value is -3.36. The number of ether oxygens (including phenoxy) is 1. The number of nitrogens with zero attached hydrogens (tertiary/aromatic N) is 1. The average Bonchev–Trinajstić information content (AvgIpc) is 3.01. The van der Waals surface area contributed by atoms with Crippen LogP contribution in [0.15, 0.2) is 79.9 Å². The summed E-state index contributed by atoms with van der Waals surface area (Å²) in [5, 5.41) is 13.1. The standard InChI is InChI=1S/C34H44N2O5S/c1-3-5-6-10-18-33(39)41-23-30(25-42-24-26-14-8-7-9-15-26)35-34(40)28(13-4-2)20-32(38)36-21-29-17-12-11-16-27(29)19-31(36)22-37/h3-4,7-9,11-12,14-17,28,30-31,37H,1-2,5-6,10,13,18-25H2,(H,35,40)/t28-,30+,31-/m0/s1. The minimum atomic E-state index is -0.622. The maximum absolute atomic E-state index is 13.5. The molecule has 0 saturated heterocycles. The van der Waals surface area contributed by atoms with Crippen molar-refractivity contribution in [3.63, 3.8) is 0 Å². The number of carbonyl (C=O) groups is 3. The highest BCUT2D eigenvalue weighted by molar-refractivity contribution is 7.98. The second-order valence-corrected chi connectivity index (χ2v) is 11.7. The van der Waals surface area contributed by atoms with Crippen LogP contribution in [0, 0.1) is 5.92 Å². The first kappa shape index (κ1) is 33.1. The Morgan fingerprint density at radius 2 is 1.79 bits per heavy atom. The van der Waals surface area contributed by atoms with Gasteiger partial charge in [0.2, 0.25) is 11.8 Å². The van der Waals surface area contributed by atoms with Crippen molar-refractivity contribution in [2.24, 2.45) is 5.92 Å². The summed E-state index contributed by atoms with van der Waals surface area (Å²) < 4.78 is 5.55. The van der Waals surface area contributed by atoms with E-state index in [2.05, 4.69) is 18.5 Å². The molecule has 2 aromatic rings. The Balaban J connectivity index is 1.62. The maximum atomic E-state index is 13.5. The molecule has 0 saturated carbocycles. The number of benzene rings is 2. The van der Waals surface area contributed by atoms with Crippen LogP contribution in [0.4, 0.5) is 0 Å². The van der Waals surface area contributed by atoms with Crippen LogP contribution in [0.1, 0.15) is 55.2 Å². The van der Waals surface area contributed by atoms with Crippen LogP contribution in [0.5, 0.6) is 0 Å². The highest BCUT2D eigenvalue weighted by Gasteiger charge is 2.32. The fourth-order valence-corrected chi connectivity index (χ4v) is 6.03. The molecule has 42 heavy (non-hydrogen) atoms. The molecule has 7 nitrogen and oxygen atoms in total. The summed E-state index contributed by atoms with van der Waals surface area (Å²) in [4.78, 5) is 41.0. The van der Waals surface area contributed by atoms with E-state index in [4.69, 9.17) is 4.74 Å². The van der Waals surface area contributed by atoms with Crippen LogP contribution >= 0.6 is 11.8 Å². The lowest BCUT2D eigenvalue weighted by Crippen LogP contribution is -2.48. The molecule has 0 radical (unpaired) electrons. The zero-order chi connectivity index (χ0) is 30.2. The number of esters is 1. The summed E-state index contributed by atoms with van der Waals surface area (Å²) in [6.45, 7) is 7.84. The average molecular weight is 593 g/mol. The molecule has 0 aromatic heterocycles. The van der Waals surface area contributed by atoms with Gasteiger partial charge in [-0.05, 0) is 48.8 Å². The molecule has 0 fully saturated rings. The number of hydrogen-bond acceptors (Lipinski definition) is 6. The van der Waals surface area contributed by atoms with Crippen LogP contribution in [-0.4, -0.2) is 58.8 Å². The number of hydrogen-bond donors (Lipinski definition) is 2. The van der Waals surface area contributed by atoms with E-state index in [-0.39, 0.29) is 43.5 Å². The van der Waals surface area contributed by atoms with E-state index in [9.17, 15) is 19.5 Å². The monoisotopic (exact) mass is 592 g/mol. The highest BCUT2D eigenvalue weighted by atomic mass is 32.2. The van der Waals surface area contributed by atoms with Crippen LogP contribution in [0.3, 0.4) is 0 Å². The van der Waals surface area contributed by atoms with Crippen molar-refractivity contribution >= 4 is 29.5 Å². The number of rotatable bonds is 18. The largest absolute Gasteiger partial charge is 0.463 e. The number of fused-ring (bicyclic) bond motifs is 1. The van der Waals surface area contributed by atoms with Gasteiger partial charge < -0.3 is 20.1 Å². The zero-order valence-corrected chi connectivity index (χ0v) is 25.2. The van der Waals surface area contributed by atoms with Crippen molar-refractivity contribution in [3.05, 3.63) is 96.6 Å². The van der Waals surface area contributed by atoms with Crippen molar-refractivity contribution < 1.29 is 24.2 Å². The van der Waals surface area contributed by atoms with E-state index < -0.39 is 12.0 Å². The highest BCUT2D eigenvalue weighted by Crippen LogP contribution is 2.25. The van der Waals surface area contributed by atoms with Gasteiger partial charge in [0, 0.05) is 30.9 Å². The second kappa shape index (κ2) is 18.2. The van der Waals surface area contributed by atoms with Crippen LogP contribution < -0.4 is 5.32 Å². The van der Waals surface area contributed by atoms with Gasteiger partial charge in [0.25, 0.3) is 0 Å². The number of unbranched alkanes of at least 4 members (excludes halogenated alkanes) is 2. The summed E-state index contributed by atoms with van der Waals surface area (Å²) >= 11 is 1.65. The minimum Gasteiger partial charge on any atom is -0.463 e. The van der Waals surface area contributed by atoms with E-state index in [1.807, 2.05) is 60.7 Å². The van der Waals surface area contributed by atoms with Gasteiger partial charge in [-0.1, -0.05) is 66.7 Å². The van der Waals surface area contributed by atoms with Crippen LogP contribution in [0.25, 0.3) is 0 Å². The van der Waals surface area contributed by atoms with E-state index in [1.165, 1.54) is 5.56 Å². The smallest absolute Gasteiger partial charge is 0.305 e. The predicted octanol–water partition coefficient (Wildman–Crippen LogP) is 5.22. The van der Waals surface area contributed by atoms with E-state index in [0.29, 0.717) is 31.6 Å². The first-order valence-corrected chi connectivity index (χ1v) is 15.9. The molecule has 2 N–H and O–H groups in total. The first-order chi connectivity index (χ1) is 20.4. The molecule has 1 aliphatic rings. The summed E-state index contributed by atoms with van der Waals surface area (Å²) in [7, 11) is 0. The Kier molecular flexibility index (Phi) is 14.4. The lowest BCUT2D eigenvalue weighted by atomic mass is 9.92. The summed E-state index contributed by atoms with van der Waals surface area (Å²) in [5.74, 6) is -0.0438. The fourth-order valence-electron chi connectivity index (χ4n) is 5.02. The molecular weight excluding hydrogens is 548 g/mol. The maximum Gasteiger partial charge on any atom is 0.305 e. The third-order valence-corrected chi connectivity index (χ3v) is 8.57. The fraction of sp³-hybridized carbons (Fsp3) is 0.441. The van der Waals surface area contributed by atoms with Gasteiger partial charge in [0.15, 0.2) is 0 Å².